The summed E-state index contributed by atoms with van der Waals surface area (Å²) >= 11 is 0. The number of ether oxygens (including phenoxy) is 3. The number of carbonyl (C=O) groups excluding carboxylic acids is 2. The van der Waals surface area contributed by atoms with Crippen LogP contribution >= 0.6 is 0 Å². The molecule has 0 radical (unpaired) electrons. The van der Waals surface area contributed by atoms with Gasteiger partial charge in [-0.05, 0) is 54.7 Å². The first-order valence-corrected chi connectivity index (χ1v) is 16.0. The third-order valence-electron chi connectivity index (χ3n) is 8.62. The van der Waals surface area contributed by atoms with E-state index in [2.05, 4.69) is 29.6 Å². The highest BCUT2D eigenvalue weighted by atomic mass is 16.5. The number of amides is 2. The van der Waals surface area contributed by atoms with Gasteiger partial charge in [0.15, 0.2) is 0 Å². The fourth-order valence-corrected chi connectivity index (χ4v) is 6.21. The molecule has 0 aromatic heterocycles. The molecule has 0 saturated carbocycles. The third kappa shape index (κ3) is 8.32. The molecule has 2 amide bonds. The summed E-state index contributed by atoms with van der Waals surface area (Å²) in [4.78, 5) is 30.4. The lowest BCUT2D eigenvalue weighted by atomic mass is 9.83. The highest BCUT2D eigenvalue weighted by Gasteiger charge is 2.40. The number of likely N-dealkylation sites (N-methyl/N-ethyl adjacent to an activating group) is 1. The van der Waals surface area contributed by atoms with Crippen LogP contribution in [0.3, 0.4) is 0 Å². The summed E-state index contributed by atoms with van der Waals surface area (Å²) < 4.78 is 17.2. The molecule has 2 aliphatic rings. The average molecular weight is 612 g/mol. The van der Waals surface area contributed by atoms with Crippen LogP contribution < -0.4 is 14.8 Å². The molecule has 0 spiro atoms. The first-order valence-electron chi connectivity index (χ1n) is 16.0. The van der Waals surface area contributed by atoms with Crippen LogP contribution in [0.1, 0.15) is 43.4 Å². The quantitative estimate of drug-likeness (QED) is 0.255. The first-order chi connectivity index (χ1) is 22.0. The maximum absolute atomic E-state index is 14.2. The van der Waals surface area contributed by atoms with E-state index in [1.54, 1.807) is 14.0 Å². The second kappa shape index (κ2) is 15.7. The fraction of sp³-hybridized carbons (Fsp3) is 0.405. The van der Waals surface area contributed by atoms with Gasteiger partial charge in [-0.3, -0.25) is 9.59 Å². The number of nitrogens with one attached hydrogen (secondary N) is 1. The lowest BCUT2D eigenvalue weighted by molar-refractivity contribution is -0.132. The Kier molecular flexibility index (Phi) is 11.3. The van der Waals surface area contributed by atoms with Crippen molar-refractivity contribution in [3.05, 3.63) is 101 Å². The molecule has 2 bridgehead atoms. The van der Waals surface area contributed by atoms with Crippen LogP contribution in [0.4, 0.5) is 0 Å². The normalized spacial score (nSPS) is 17.6. The van der Waals surface area contributed by atoms with Gasteiger partial charge in [-0.1, -0.05) is 60.7 Å². The topological polar surface area (TPSA) is 80.3 Å². The minimum absolute atomic E-state index is 0.0400. The number of rotatable bonds is 14. The van der Waals surface area contributed by atoms with Crippen LogP contribution in [0.2, 0.25) is 0 Å². The predicted molar refractivity (Wildman–Crippen MR) is 176 cm³/mol. The molecular formula is C37H45N3O5. The molecule has 8 nitrogen and oxygen atoms in total. The summed E-state index contributed by atoms with van der Waals surface area (Å²) in [6.07, 6.45) is 2.24. The maximum Gasteiger partial charge on any atom is 0.251 e. The molecule has 3 aromatic carbocycles. The molecule has 1 fully saturated rings. The lowest BCUT2D eigenvalue weighted by Crippen LogP contribution is -2.61. The number of para-hydroxylation sites is 1. The van der Waals surface area contributed by atoms with E-state index in [1.165, 1.54) is 5.56 Å². The second-order valence-corrected chi connectivity index (χ2v) is 11.6. The van der Waals surface area contributed by atoms with E-state index in [0.717, 1.165) is 46.6 Å². The van der Waals surface area contributed by atoms with E-state index in [1.807, 2.05) is 71.3 Å². The summed E-state index contributed by atoms with van der Waals surface area (Å²) in [5.74, 6) is 1.70. The number of fused-ring (bicyclic) bond motifs is 2. The summed E-state index contributed by atoms with van der Waals surface area (Å²) in [5, 5.41) is 3.65. The Morgan fingerprint density at radius 3 is 2.44 bits per heavy atom. The van der Waals surface area contributed by atoms with E-state index in [0.29, 0.717) is 52.4 Å². The Morgan fingerprint density at radius 1 is 0.956 bits per heavy atom. The molecule has 2 aliphatic heterocycles. The van der Waals surface area contributed by atoms with Gasteiger partial charge in [0, 0.05) is 56.7 Å². The van der Waals surface area contributed by atoms with E-state index in [-0.39, 0.29) is 23.9 Å². The number of hydrogen-bond donors (Lipinski definition) is 1. The van der Waals surface area contributed by atoms with Crippen molar-refractivity contribution in [1.29, 1.82) is 0 Å². The molecule has 238 valence electrons. The van der Waals surface area contributed by atoms with Crippen molar-refractivity contribution in [1.82, 2.24) is 15.1 Å². The maximum atomic E-state index is 14.2. The molecule has 5 rings (SSSR count). The van der Waals surface area contributed by atoms with Crippen LogP contribution in [0, 0.1) is 0 Å². The molecule has 0 aliphatic carbocycles. The molecule has 45 heavy (non-hydrogen) atoms. The van der Waals surface area contributed by atoms with Gasteiger partial charge >= 0.3 is 0 Å². The van der Waals surface area contributed by atoms with Crippen LogP contribution in [0.15, 0.2) is 84.4 Å². The minimum atomic E-state index is -0.207. The fourth-order valence-electron chi connectivity index (χ4n) is 6.21. The average Bonchev–Trinajstić information content (AvgIpc) is 3.07. The van der Waals surface area contributed by atoms with Crippen molar-refractivity contribution in [2.24, 2.45) is 0 Å². The highest BCUT2D eigenvalue weighted by Crippen LogP contribution is 2.35. The number of piperazine rings is 1. The van der Waals surface area contributed by atoms with Crippen LogP contribution in [-0.4, -0.2) is 80.2 Å². The van der Waals surface area contributed by atoms with Gasteiger partial charge in [0.05, 0.1) is 33.0 Å². The van der Waals surface area contributed by atoms with Crippen molar-refractivity contribution in [2.75, 3.05) is 46.5 Å². The summed E-state index contributed by atoms with van der Waals surface area (Å²) in [6.45, 7) is 7.65. The largest absolute Gasteiger partial charge is 0.496 e. The Hall–Kier alpha value is -4.14. The molecule has 3 aromatic rings. The predicted octanol–water partition coefficient (Wildman–Crippen LogP) is 5.12. The number of methoxy groups -OCH3 is 1. The first kappa shape index (κ1) is 32.3. The van der Waals surface area contributed by atoms with E-state index in [4.69, 9.17) is 14.2 Å². The number of nitrogens with zero attached hydrogens (tertiary/aromatic N) is 2. The van der Waals surface area contributed by atoms with Crippen molar-refractivity contribution in [3.8, 4) is 11.5 Å². The van der Waals surface area contributed by atoms with Gasteiger partial charge in [-0.2, -0.15) is 0 Å². The standard InChI is InChI=1S/C37H45N3O5/c1-4-39(20-19-28-11-6-5-7-12-28)37(42)36-33(23-31-24-40(27(2)41)25-34(36)38-31)29-15-17-32(18-16-29)45-22-10-21-44-26-30-13-8-9-14-35(30)43-3/h5-9,11-18,31,34,38H,4,10,19-26H2,1-3H3. The highest BCUT2D eigenvalue weighted by molar-refractivity contribution is 6.03. The summed E-state index contributed by atoms with van der Waals surface area (Å²) in [6, 6.07) is 26.1. The Morgan fingerprint density at radius 2 is 1.71 bits per heavy atom. The Balaban J connectivity index is 1.25. The van der Waals surface area contributed by atoms with Crippen LogP contribution in [0.25, 0.3) is 5.57 Å². The molecular weight excluding hydrogens is 566 g/mol. The smallest absolute Gasteiger partial charge is 0.251 e. The third-order valence-corrected chi connectivity index (χ3v) is 8.62. The lowest BCUT2D eigenvalue weighted by Gasteiger charge is -2.44. The van der Waals surface area contributed by atoms with Gasteiger partial charge < -0.3 is 29.3 Å². The zero-order valence-corrected chi connectivity index (χ0v) is 26.7. The van der Waals surface area contributed by atoms with E-state index < -0.39 is 0 Å². The van der Waals surface area contributed by atoms with E-state index >= 15 is 0 Å². The number of carbonyl (C=O) groups is 2. The summed E-state index contributed by atoms with van der Waals surface area (Å²) in [5.41, 5.74) is 5.09. The van der Waals surface area contributed by atoms with Gasteiger partial charge in [-0.15, -0.1) is 0 Å². The van der Waals surface area contributed by atoms with Crippen molar-refractivity contribution in [2.45, 2.75) is 51.8 Å². The number of hydrogen-bond acceptors (Lipinski definition) is 6. The van der Waals surface area contributed by atoms with Gasteiger partial charge in [0.2, 0.25) is 5.91 Å². The zero-order valence-electron chi connectivity index (χ0n) is 26.7. The van der Waals surface area contributed by atoms with Gasteiger partial charge in [-0.25, -0.2) is 0 Å². The molecule has 1 N–H and O–H groups in total. The van der Waals surface area contributed by atoms with Crippen molar-refractivity contribution in [3.63, 3.8) is 0 Å². The second-order valence-electron chi connectivity index (χ2n) is 11.6. The van der Waals surface area contributed by atoms with E-state index in [9.17, 15) is 9.59 Å². The molecule has 8 heteroatoms. The Labute approximate surface area is 267 Å². The minimum Gasteiger partial charge on any atom is -0.496 e. The monoisotopic (exact) mass is 611 g/mol. The zero-order chi connectivity index (χ0) is 31.6. The van der Waals surface area contributed by atoms with Crippen LogP contribution in [-0.2, 0) is 27.4 Å². The van der Waals surface area contributed by atoms with Crippen LogP contribution in [0.5, 0.6) is 11.5 Å². The molecule has 2 atom stereocenters. The van der Waals surface area contributed by atoms with Crippen molar-refractivity contribution < 1.29 is 23.8 Å². The van der Waals surface area contributed by atoms with Crippen molar-refractivity contribution >= 4 is 17.4 Å². The number of benzene rings is 3. The molecule has 2 heterocycles. The molecule has 2 unspecified atom stereocenters. The Bertz CT molecular complexity index is 1460. The van der Waals surface area contributed by atoms with Gasteiger partial charge in [0.1, 0.15) is 11.5 Å². The van der Waals surface area contributed by atoms with Gasteiger partial charge in [0.25, 0.3) is 5.91 Å². The molecule has 1 saturated heterocycles. The summed E-state index contributed by atoms with van der Waals surface area (Å²) in [7, 11) is 1.67. The SMILES string of the molecule is CCN(CCc1ccccc1)C(=O)C1=C(c2ccc(OCCCOCc3ccccc3OC)cc2)CC2CN(C(C)=O)CC1N2.